The van der Waals surface area contributed by atoms with Gasteiger partial charge in [0.25, 0.3) is 0 Å². The molecule has 0 saturated carbocycles. The molecule has 1 aliphatic heterocycles. The summed E-state index contributed by atoms with van der Waals surface area (Å²) in [4.78, 5) is 2.47. The van der Waals surface area contributed by atoms with Crippen molar-refractivity contribution in [3.8, 4) is 5.75 Å². The summed E-state index contributed by atoms with van der Waals surface area (Å²) in [7, 11) is 1.74. The minimum Gasteiger partial charge on any atom is -0.495 e. The van der Waals surface area contributed by atoms with Crippen molar-refractivity contribution in [3.05, 3.63) is 27.7 Å². The number of methoxy groups -OCH3 is 1. The van der Waals surface area contributed by atoms with E-state index in [-0.39, 0.29) is 0 Å². The number of rotatable bonds is 3. The summed E-state index contributed by atoms with van der Waals surface area (Å²) in [6, 6.07) is 4.19. The maximum Gasteiger partial charge on any atom is 0.137 e. The van der Waals surface area contributed by atoms with Crippen LogP contribution < -0.4 is 10.1 Å². The molecule has 3 nitrogen and oxygen atoms in total. The van der Waals surface area contributed by atoms with Crippen molar-refractivity contribution >= 4 is 15.9 Å². The topological polar surface area (TPSA) is 24.5 Å². The standard InChI is InChI=1S/C13H19BrN2O/c1-10-3-4-12(14)13(17-2)11(10)9-16-7-5-15-6-8-16/h3-4,15H,5-9H2,1-2H3. The number of halogens is 1. The average Bonchev–Trinajstić information content (AvgIpc) is 2.35. The molecular weight excluding hydrogens is 280 g/mol. The highest BCUT2D eigenvalue weighted by Crippen LogP contribution is 2.32. The molecule has 0 bridgehead atoms. The Morgan fingerprint density at radius 1 is 1.35 bits per heavy atom. The van der Waals surface area contributed by atoms with Gasteiger partial charge >= 0.3 is 0 Å². The van der Waals surface area contributed by atoms with E-state index in [1.807, 2.05) is 0 Å². The van der Waals surface area contributed by atoms with Crippen LogP contribution in [0.5, 0.6) is 5.75 Å². The van der Waals surface area contributed by atoms with Crippen LogP contribution in [-0.4, -0.2) is 38.2 Å². The van der Waals surface area contributed by atoms with Crippen molar-refractivity contribution < 1.29 is 4.74 Å². The van der Waals surface area contributed by atoms with Crippen LogP contribution in [0, 0.1) is 6.92 Å². The number of aryl methyl sites for hydroxylation is 1. The number of nitrogens with zero attached hydrogens (tertiary/aromatic N) is 1. The van der Waals surface area contributed by atoms with Crippen molar-refractivity contribution in [2.75, 3.05) is 33.3 Å². The molecule has 1 aromatic carbocycles. The van der Waals surface area contributed by atoms with Crippen LogP contribution in [0.2, 0.25) is 0 Å². The van der Waals surface area contributed by atoms with Crippen LogP contribution >= 0.6 is 15.9 Å². The fourth-order valence-corrected chi connectivity index (χ4v) is 2.74. The molecule has 0 spiro atoms. The van der Waals surface area contributed by atoms with Crippen molar-refractivity contribution in [2.45, 2.75) is 13.5 Å². The minimum atomic E-state index is 0.968. The molecule has 1 fully saturated rings. The highest BCUT2D eigenvalue weighted by molar-refractivity contribution is 9.10. The summed E-state index contributed by atoms with van der Waals surface area (Å²) in [6.07, 6.45) is 0. The van der Waals surface area contributed by atoms with Gasteiger partial charge in [0.15, 0.2) is 0 Å². The zero-order valence-electron chi connectivity index (χ0n) is 10.4. The Balaban J connectivity index is 2.21. The first-order valence-corrected chi connectivity index (χ1v) is 6.76. The summed E-state index contributed by atoms with van der Waals surface area (Å²) in [5, 5.41) is 3.37. The van der Waals surface area contributed by atoms with Gasteiger partial charge in [0, 0.05) is 38.3 Å². The summed E-state index contributed by atoms with van der Waals surface area (Å²) < 4.78 is 6.55. The van der Waals surface area contributed by atoms with E-state index in [1.54, 1.807) is 7.11 Å². The maximum atomic E-state index is 5.51. The molecule has 0 radical (unpaired) electrons. The third-order valence-electron chi connectivity index (χ3n) is 3.24. The Labute approximate surface area is 111 Å². The molecule has 2 rings (SSSR count). The van der Waals surface area contributed by atoms with Gasteiger partial charge in [-0.3, -0.25) is 4.90 Å². The van der Waals surface area contributed by atoms with E-state index >= 15 is 0 Å². The number of hydrogen-bond acceptors (Lipinski definition) is 3. The fourth-order valence-electron chi connectivity index (χ4n) is 2.21. The Hall–Kier alpha value is -0.580. The molecule has 1 N–H and O–H groups in total. The van der Waals surface area contributed by atoms with Crippen LogP contribution in [-0.2, 0) is 6.54 Å². The molecule has 1 heterocycles. The lowest BCUT2D eigenvalue weighted by atomic mass is 10.1. The molecule has 0 unspecified atom stereocenters. The zero-order valence-corrected chi connectivity index (χ0v) is 12.0. The van der Waals surface area contributed by atoms with Gasteiger partial charge in [0.1, 0.15) is 5.75 Å². The van der Waals surface area contributed by atoms with Gasteiger partial charge in [-0.05, 0) is 34.5 Å². The molecule has 1 saturated heterocycles. The van der Waals surface area contributed by atoms with Gasteiger partial charge in [0.2, 0.25) is 0 Å². The largest absolute Gasteiger partial charge is 0.495 e. The Bertz CT molecular complexity index is 389. The lowest BCUT2D eigenvalue weighted by Gasteiger charge is -2.28. The smallest absolute Gasteiger partial charge is 0.137 e. The van der Waals surface area contributed by atoms with E-state index in [4.69, 9.17) is 4.74 Å². The van der Waals surface area contributed by atoms with Gasteiger partial charge in [-0.15, -0.1) is 0 Å². The summed E-state index contributed by atoms with van der Waals surface area (Å²) >= 11 is 3.55. The molecular formula is C13H19BrN2O. The van der Waals surface area contributed by atoms with E-state index in [1.165, 1.54) is 11.1 Å². The Kier molecular flexibility index (Phi) is 4.42. The van der Waals surface area contributed by atoms with E-state index in [9.17, 15) is 0 Å². The average molecular weight is 299 g/mol. The van der Waals surface area contributed by atoms with Crippen LogP contribution in [0.1, 0.15) is 11.1 Å². The second-order valence-corrected chi connectivity index (χ2v) is 5.26. The maximum absolute atomic E-state index is 5.51. The SMILES string of the molecule is COc1c(Br)ccc(C)c1CN1CCNCC1. The number of nitrogens with one attached hydrogen (secondary N) is 1. The second kappa shape index (κ2) is 5.85. The molecule has 1 aromatic rings. The summed E-state index contributed by atoms with van der Waals surface area (Å²) in [5.41, 5.74) is 2.59. The highest BCUT2D eigenvalue weighted by atomic mass is 79.9. The highest BCUT2D eigenvalue weighted by Gasteiger charge is 2.16. The van der Waals surface area contributed by atoms with Crippen molar-refractivity contribution in [3.63, 3.8) is 0 Å². The molecule has 1 aliphatic rings. The lowest BCUT2D eigenvalue weighted by Crippen LogP contribution is -2.43. The monoisotopic (exact) mass is 298 g/mol. The van der Waals surface area contributed by atoms with Crippen LogP contribution in [0.15, 0.2) is 16.6 Å². The quantitative estimate of drug-likeness (QED) is 0.926. The first kappa shape index (κ1) is 12.9. The first-order valence-electron chi connectivity index (χ1n) is 5.97. The molecule has 94 valence electrons. The molecule has 0 amide bonds. The van der Waals surface area contributed by atoms with Crippen LogP contribution in [0.4, 0.5) is 0 Å². The normalized spacial score (nSPS) is 17.1. The minimum absolute atomic E-state index is 0.968. The number of hydrogen-bond donors (Lipinski definition) is 1. The second-order valence-electron chi connectivity index (χ2n) is 4.40. The van der Waals surface area contributed by atoms with Crippen LogP contribution in [0.25, 0.3) is 0 Å². The van der Waals surface area contributed by atoms with Crippen molar-refractivity contribution in [1.29, 1.82) is 0 Å². The van der Waals surface area contributed by atoms with Gasteiger partial charge in [-0.25, -0.2) is 0 Å². The number of piperazine rings is 1. The van der Waals surface area contributed by atoms with Gasteiger partial charge in [0.05, 0.1) is 11.6 Å². The van der Waals surface area contributed by atoms with Crippen molar-refractivity contribution in [2.24, 2.45) is 0 Å². The molecule has 17 heavy (non-hydrogen) atoms. The third kappa shape index (κ3) is 3.00. The van der Waals surface area contributed by atoms with Gasteiger partial charge < -0.3 is 10.1 Å². The number of ether oxygens (including phenoxy) is 1. The molecule has 0 atom stereocenters. The van der Waals surface area contributed by atoms with E-state index in [2.05, 4.69) is 45.2 Å². The molecule has 4 heteroatoms. The zero-order chi connectivity index (χ0) is 12.3. The van der Waals surface area contributed by atoms with E-state index in [0.717, 1.165) is 42.9 Å². The third-order valence-corrected chi connectivity index (χ3v) is 3.87. The summed E-state index contributed by atoms with van der Waals surface area (Å²) in [6.45, 7) is 7.48. The number of benzene rings is 1. The van der Waals surface area contributed by atoms with Gasteiger partial charge in [-0.1, -0.05) is 6.07 Å². The van der Waals surface area contributed by atoms with Crippen molar-refractivity contribution in [1.82, 2.24) is 10.2 Å². The van der Waals surface area contributed by atoms with Crippen LogP contribution in [0.3, 0.4) is 0 Å². The predicted molar refractivity (Wildman–Crippen MR) is 73.6 cm³/mol. The van der Waals surface area contributed by atoms with E-state index in [0.29, 0.717) is 0 Å². The van der Waals surface area contributed by atoms with Gasteiger partial charge in [-0.2, -0.15) is 0 Å². The lowest BCUT2D eigenvalue weighted by molar-refractivity contribution is 0.229. The first-order chi connectivity index (χ1) is 8.22. The predicted octanol–water partition coefficient (Wildman–Crippen LogP) is 2.17. The molecule has 0 aliphatic carbocycles. The molecule has 0 aromatic heterocycles. The van der Waals surface area contributed by atoms with E-state index < -0.39 is 0 Å². The fraction of sp³-hybridized carbons (Fsp3) is 0.538. The Morgan fingerprint density at radius 3 is 2.71 bits per heavy atom. The summed E-state index contributed by atoms with van der Waals surface area (Å²) in [5.74, 6) is 0.975. The Morgan fingerprint density at radius 2 is 2.06 bits per heavy atom.